The molecule has 1 heterocycles. The first-order valence-corrected chi connectivity index (χ1v) is 6.01. The van der Waals surface area contributed by atoms with Crippen molar-refractivity contribution in [1.29, 1.82) is 0 Å². The van der Waals surface area contributed by atoms with Gasteiger partial charge in [-0.3, -0.25) is 0 Å². The fourth-order valence-corrected chi connectivity index (χ4v) is 2.70. The fraction of sp³-hybridized carbons (Fsp3) is 0.917. The number of amides is 1. The van der Waals surface area contributed by atoms with Crippen molar-refractivity contribution in [2.75, 3.05) is 19.7 Å². The number of ether oxygens (including phenoxy) is 1. The van der Waals surface area contributed by atoms with Crippen LogP contribution in [-0.2, 0) is 4.74 Å². The fourth-order valence-electron chi connectivity index (χ4n) is 2.70. The van der Waals surface area contributed by atoms with Gasteiger partial charge in [-0.25, -0.2) is 4.79 Å². The lowest BCUT2D eigenvalue weighted by molar-refractivity contribution is 0.0264. The predicted molar refractivity (Wildman–Crippen MR) is 60.0 cm³/mol. The number of hydrogen-bond acceptors (Lipinski definition) is 3. The van der Waals surface area contributed by atoms with Crippen LogP contribution in [0, 0.1) is 17.8 Å². The van der Waals surface area contributed by atoms with Crippen LogP contribution in [0.25, 0.3) is 0 Å². The maximum absolute atomic E-state index is 11.7. The largest absolute Gasteiger partial charge is 0.444 e. The first-order chi connectivity index (χ1) is 7.42. The number of carbonyl (C=O) groups excluding carboxylic acids is 1. The van der Waals surface area contributed by atoms with Gasteiger partial charge in [-0.1, -0.05) is 0 Å². The molecule has 92 valence electrons. The minimum Gasteiger partial charge on any atom is -0.444 e. The van der Waals surface area contributed by atoms with E-state index in [1.54, 1.807) is 4.90 Å². The molecule has 0 aromatic heterocycles. The summed E-state index contributed by atoms with van der Waals surface area (Å²) in [6, 6.07) is 0. The zero-order chi connectivity index (χ0) is 11.9. The van der Waals surface area contributed by atoms with E-state index in [9.17, 15) is 4.79 Å². The molecular formula is C12H21NO3. The van der Waals surface area contributed by atoms with Crippen molar-refractivity contribution in [2.45, 2.75) is 32.8 Å². The Hall–Kier alpha value is -0.770. The third-order valence-electron chi connectivity index (χ3n) is 3.49. The number of hydrogen-bond donors (Lipinski definition) is 1. The Bertz CT molecular complexity index is 272. The minimum atomic E-state index is -0.408. The Morgan fingerprint density at radius 2 is 1.94 bits per heavy atom. The number of likely N-dealkylation sites (tertiary alicyclic amines) is 1. The number of piperidine rings is 1. The molecule has 1 amide bonds. The first-order valence-electron chi connectivity index (χ1n) is 6.01. The molecule has 0 bridgehead atoms. The van der Waals surface area contributed by atoms with E-state index in [1.807, 2.05) is 20.8 Å². The maximum atomic E-state index is 11.7. The summed E-state index contributed by atoms with van der Waals surface area (Å²) in [5, 5.41) is 8.85. The second-order valence-corrected chi connectivity index (χ2v) is 5.89. The molecule has 3 atom stereocenters. The molecular weight excluding hydrogens is 206 g/mol. The Labute approximate surface area is 96.6 Å². The van der Waals surface area contributed by atoms with Crippen LogP contribution in [0.5, 0.6) is 0 Å². The van der Waals surface area contributed by atoms with Crippen LogP contribution in [-0.4, -0.2) is 41.4 Å². The van der Waals surface area contributed by atoms with Crippen LogP contribution >= 0.6 is 0 Å². The van der Waals surface area contributed by atoms with Gasteiger partial charge in [0.2, 0.25) is 0 Å². The molecule has 4 heteroatoms. The Morgan fingerprint density at radius 1 is 1.38 bits per heavy atom. The zero-order valence-corrected chi connectivity index (χ0v) is 10.3. The normalized spacial score (nSPS) is 32.5. The Morgan fingerprint density at radius 3 is 2.38 bits per heavy atom. The SMILES string of the molecule is CC(C)(C)OC(=O)N1C[C@@H]2C(CCO)[C@@H]2C1. The van der Waals surface area contributed by atoms with Gasteiger partial charge in [0, 0.05) is 19.7 Å². The highest BCUT2D eigenvalue weighted by molar-refractivity contribution is 5.68. The molecule has 2 fully saturated rings. The van der Waals surface area contributed by atoms with E-state index in [1.165, 1.54) is 0 Å². The quantitative estimate of drug-likeness (QED) is 0.777. The van der Waals surface area contributed by atoms with Crippen LogP contribution in [0.3, 0.4) is 0 Å². The average molecular weight is 227 g/mol. The highest BCUT2D eigenvalue weighted by atomic mass is 16.6. The molecule has 4 nitrogen and oxygen atoms in total. The van der Waals surface area contributed by atoms with E-state index < -0.39 is 5.60 Å². The summed E-state index contributed by atoms with van der Waals surface area (Å²) in [5.41, 5.74) is -0.408. The topological polar surface area (TPSA) is 49.8 Å². The summed E-state index contributed by atoms with van der Waals surface area (Å²) in [6.07, 6.45) is 0.694. The summed E-state index contributed by atoms with van der Waals surface area (Å²) >= 11 is 0. The van der Waals surface area contributed by atoms with Crippen molar-refractivity contribution < 1.29 is 14.6 Å². The van der Waals surface area contributed by atoms with E-state index in [2.05, 4.69) is 0 Å². The predicted octanol–water partition coefficient (Wildman–Crippen LogP) is 1.48. The van der Waals surface area contributed by atoms with Crippen molar-refractivity contribution in [3.05, 3.63) is 0 Å². The molecule has 1 aliphatic heterocycles. The van der Waals surface area contributed by atoms with Gasteiger partial charge in [-0.15, -0.1) is 0 Å². The molecule has 2 aliphatic rings. The highest BCUT2D eigenvalue weighted by Crippen LogP contribution is 2.53. The number of carbonyl (C=O) groups is 1. The molecule has 0 spiro atoms. The first kappa shape index (κ1) is 11.7. The second-order valence-electron chi connectivity index (χ2n) is 5.89. The smallest absolute Gasteiger partial charge is 0.410 e. The van der Waals surface area contributed by atoms with E-state index in [0.29, 0.717) is 17.8 Å². The van der Waals surface area contributed by atoms with Gasteiger partial charge < -0.3 is 14.7 Å². The van der Waals surface area contributed by atoms with Crippen LogP contribution < -0.4 is 0 Å². The standard InChI is InChI=1S/C12H21NO3/c1-12(2,3)16-11(15)13-6-9-8(4-5-14)10(9)7-13/h8-10,14H,4-7H2,1-3H3/t8?,9-,10+. The second kappa shape index (κ2) is 3.91. The van der Waals surface area contributed by atoms with Gasteiger partial charge in [0.05, 0.1) is 0 Å². The van der Waals surface area contributed by atoms with Crippen molar-refractivity contribution in [1.82, 2.24) is 4.90 Å². The van der Waals surface area contributed by atoms with E-state index >= 15 is 0 Å². The monoisotopic (exact) mass is 227 g/mol. The maximum Gasteiger partial charge on any atom is 0.410 e. The molecule has 16 heavy (non-hydrogen) atoms. The molecule has 1 unspecified atom stereocenters. The molecule has 1 saturated carbocycles. The van der Waals surface area contributed by atoms with Gasteiger partial charge in [-0.05, 0) is 44.9 Å². The number of nitrogens with zero attached hydrogens (tertiary/aromatic N) is 1. The van der Waals surface area contributed by atoms with E-state index in [0.717, 1.165) is 19.5 Å². The molecule has 1 N–H and O–H groups in total. The number of rotatable bonds is 2. The van der Waals surface area contributed by atoms with E-state index in [-0.39, 0.29) is 12.7 Å². The summed E-state index contributed by atoms with van der Waals surface area (Å²) in [5.74, 6) is 1.86. The van der Waals surface area contributed by atoms with Crippen molar-refractivity contribution in [3.8, 4) is 0 Å². The lowest BCUT2D eigenvalue weighted by Gasteiger charge is -2.25. The van der Waals surface area contributed by atoms with Gasteiger partial charge >= 0.3 is 6.09 Å². The van der Waals surface area contributed by atoms with Gasteiger partial charge in [0.15, 0.2) is 0 Å². The van der Waals surface area contributed by atoms with Gasteiger partial charge in [0.25, 0.3) is 0 Å². The molecule has 1 saturated heterocycles. The molecule has 0 radical (unpaired) electrons. The van der Waals surface area contributed by atoms with Gasteiger partial charge in [-0.2, -0.15) is 0 Å². The van der Waals surface area contributed by atoms with Gasteiger partial charge in [0.1, 0.15) is 5.60 Å². The Kier molecular flexibility index (Phi) is 2.86. The zero-order valence-electron chi connectivity index (χ0n) is 10.3. The number of fused-ring (bicyclic) bond motifs is 1. The van der Waals surface area contributed by atoms with Crippen LogP contribution in [0.4, 0.5) is 4.79 Å². The number of aliphatic hydroxyl groups excluding tert-OH is 1. The lowest BCUT2D eigenvalue weighted by Crippen LogP contribution is -2.37. The summed E-state index contributed by atoms with van der Waals surface area (Å²) in [7, 11) is 0. The molecule has 0 aromatic rings. The van der Waals surface area contributed by atoms with Crippen molar-refractivity contribution >= 4 is 6.09 Å². The van der Waals surface area contributed by atoms with Crippen LogP contribution in [0.1, 0.15) is 27.2 Å². The number of aliphatic hydroxyl groups is 1. The van der Waals surface area contributed by atoms with Crippen LogP contribution in [0.2, 0.25) is 0 Å². The van der Waals surface area contributed by atoms with E-state index in [4.69, 9.17) is 9.84 Å². The average Bonchev–Trinajstić information content (AvgIpc) is 2.60. The van der Waals surface area contributed by atoms with Crippen LogP contribution in [0.15, 0.2) is 0 Å². The Balaban J connectivity index is 1.78. The minimum absolute atomic E-state index is 0.192. The molecule has 0 aromatic carbocycles. The molecule has 1 aliphatic carbocycles. The summed E-state index contributed by atoms with van der Waals surface area (Å²) in [6.45, 7) is 7.54. The summed E-state index contributed by atoms with van der Waals surface area (Å²) in [4.78, 5) is 13.5. The lowest BCUT2D eigenvalue weighted by atomic mass is 10.2. The summed E-state index contributed by atoms with van der Waals surface area (Å²) < 4.78 is 5.32. The third kappa shape index (κ3) is 2.32. The third-order valence-corrected chi connectivity index (χ3v) is 3.49. The van der Waals surface area contributed by atoms with Crippen molar-refractivity contribution in [3.63, 3.8) is 0 Å². The highest BCUT2D eigenvalue weighted by Gasteiger charge is 2.56. The van der Waals surface area contributed by atoms with Crippen molar-refractivity contribution in [2.24, 2.45) is 17.8 Å². The molecule has 2 rings (SSSR count).